The zero-order valence-electron chi connectivity index (χ0n) is 8.55. The fourth-order valence-corrected chi connectivity index (χ4v) is 2.41. The van der Waals surface area contributed by atoms with Crippen LogP contribution in [0, 0.1) is 5.92 Å². The minimum Gasteiger partial charge on any atom is -0.316 e. The standard InChI is InChI=1S/C10H21N3/c1-9-7-13(5-4-12-9)8-10-2-3-11-6-10/h9-12H,2-8H2,1H3. The van der Waals surface area contributed by atoms with Gasteiger partial charge in [-0.25, -0.2) is 0 Å². The van der Waals surface area contributed by atoms with Crippen LogP contribution in [0.25, 0.3) is 0 Å². The van der Waals surface area contributed by atoms with E-state index in [0.717, 1.165) is 5.92 Å². The average molecular weight is 183 g/mol. The molecule has 0 bridgehead atoms. The van der Waals surface area contributed by atoms with Gasteiger partial charge in [-0.1, -0.05) is 0 Å². The van der Waals surface area contributed by atoms with Crippen molar-refractivity contribution < 1.29 is 0 Å². The van der Waals surface area contributed by atoms with E-state index in [1.807, 2.05) is 0 Å². The van der Waals surface area contributed by atoms with Crippen LogP contribution in [0.5, 0.6) is 0 Å². The number of nitrogens with one attached hydrogen (secondary N) is 2. The molecule has 0 aromatic carbocycles. The Balaban J connectivity index is 1.73. The first-order valence-corrected chi connectivity index (χ1v) is 5.51. The second-order valence-corrected chi connectivity index (χ2v) is 4.47. The van der Waals surface area contributed by atoms with Crippen molar-refractivity contribution in [1.29, 1.82) is 0 Å². The number of nitrogens with zero attached hydrogens (tertiary/aromatic N) is 1. The van der Waals surface area contributed by atoms with Gasteiger partial charge in [0.25, 0.3) is 0 Å². The fourth-order valence-electron chi connectivity index (χ4n) is 2.41. The summed E-state index contributed by atoms with van der Waals surface area (Å²) in [6.45, 7) is 9.68. The van der Waals surface area contributed by atoms with Crippen LogP contribution in [0.3, 0.4) is 0 Å². The van der Waals surface area contributed by atoms with E-state index < -0.39 is 0 Å². The lowest BCUT2D eigenvalue weighted by Crippen LogP contribution is -2.50. The van der Waals surface area contributed by atoms with Crippen molar-refractivity contribution >= 4 is 0 Å². The number of hydrogen-bond acceptors (Lipinski definition) is 3. The van der Waals surface area contributed by atoms with Crippen LogP contribution in [0.1, 0.15) is 13.3 Å². The van der Waals surface area contributed by atoms with Gasteiger partial charge < -0.3 is 15.5 Å². The summed E-state index contributed by atoms with van der Waals surface area (Å²) in [5, 5.41) is 6.91. The predicted molar refractivity (Wildman–Crippen MR) is 54.9 cm³/mol. The van der Waals surface area contributed by atoms with Crippen LogP contribution in [0.15, 0.2) is 0 Å². The molecule has 2 rings (SSSR count). The quantitative estimate of drug-likeness (QED) is 0.625. The smallest absolute Gasteiger partial charge is 0.0167 e. The number of hydrogen-bond donors (Lipinski definition) is 2. The summed E-state index contributed by atoms with van der Waals surface area (Å²) in [4.78, 5) is 2.61. The Hall–Kier alpha value is -0.120. The van der Waals surface area contributed by atoms with Crippen molar-refractivity contribution in [3.05, 3.63) is 0 Å². The molecule has 13 heavy (non-hydrogen) atoms. The molecule has 0 aromatic rings. The van der Waals surface area contributed by atoms with Gasteiger partial charge in [0.05, 0.1) is 0 Å². The number of rotatable bonds is 2. The molecule has 2 aliphatic rings. The molecule has 3 nitrogen and oxygen atoms in total. The maximum Gasteiger partial charge on any atom is 0.0167 e. The van der Waals surface area contributed by atoms with Gasteiger partial charge in [0.1, 0.15) is 0 Å². The van der Waals surface area contributed by atoms with Gasteiger partial charge in [0.15, 0.2) is 0 Å². The van der Waals surface area contributed by atoms with Gasteiger partial charge in [-0.3, -0.25) is 0 Å². The molecule has 76 valence electrons. The third-order valence-corrected chi connectivity index (χ3v) is 3.13. The molecule has 0 aromatic heterocycles. The minimum absolute atomic E-state index is 0.683. The lowest BCUT2D eigenvalue weighted by Gasteiger charge is -2.33. The van der Waals surface area contributed by atoms with Crippen molar-refractivity contribution in [1.82, 2.24) is 15.5 Å². The molecule has 3 heteroatoms. The second kappa shape index (κ2) is 4.40. The van der Waals surface area contributed by atoms with Gasteiger partial charge in [0.2, 0.25) is 0 Å². The Kier molecular flexibility index (Phi) is 3.19. The highest BCUT2D eigenvalue weighted by molar-refractivity contribution is 4.80. The van der Waals surface area contributed by atoms with E-state index in [0.29, 0.717) is 6.04 Å². The molecule has 2 aliphatic heterocycles. The lowest BCUT2D eigenvalue weighted by atomic mass is 10.1. The topological polar surface area (TPSA) is 27.3 Å². The summed E-state index contributed by atoms with van der Waals surface area (Å²) in [6.07, 6.45) is 1.37. The predicted octanol–water partition coefficient (Wildman–Crippen LogP) is -0.110. The number of piperazine rings is 1. The highest BCUT2D eigenvalue weighted by atomic mass is 15.2. The summed E-state index contributed by atoms with van der Waals surface area (Å²) in [5.41, 5.74) is 0. The van der Waals surface area contributed by atoms with E-state index >= 15 is 0 Å². The third-order valence-electron chi connectivity index (χ3n) is 3.13. The molecule has 0 spiro atoms. The molecule has 0 aliphatic carbocycles. The molecule has 2 atom stereocenters. The highest BCUT2D eigenvalue weighted by Crippen LogP contribution is 2.10. The van der Waals surface area contributed by atoms with Gasteiger partial charge in [-0.15, -0.1) is 0 Å². The maximum atomic E-state index is 3.48. The minimum atomic E-state index is 0.683. The van der Waals surface area contributed by atoms with E-state index in [2.05, 4.69) is 22.5 Å². The molecule has 0 radical (unpaired) electrons. The summed E-state index contributed by atoms with van der Waals surface area (Å²) in [7, 11) is 0. The fraction of sp³-hybridized carbons (Fsp3) is 1.00. The molecule has 2 N–H and O–H groups in total. The lowest BCUT2D eigenvalue weighted by molar-refractivity contribution is 0.183. The molecule has 2 unspecified atom stereocenters. The van der Waals surface area contributed by atoms with Crippen molar-refractivity contribution in [2.75, 3.05) is 39.3 Å². The summed E-state index contributed by atoms with van der Waals surface area (Å²) in [5.74, 6) is 0.908. The summed E-state index contributed by atoms with van der Waals surface area (Å²) < 4.78 is 0. The maximum absolute atomic E-state index is 3.48. The van der Waals surface area contributed by atoms with Crippen molar-refractivity contribution in [3.63, 3.8) is 0 Å². The van der Waals surface area contributed by atoms with Gasteiger partial charge in [-0.2, -0.15) is 0 Å². The Morgan fingerprint density at radius 2 is 2.31 bits per heavy atom. The first-order chi connectivity index (χ1) is 6.34. The van der Waals surface area contributed by atoms with E-state index in [1.54, 1.807) is 0 Å². The Morgan fingerprint density at radius 3 is 3.00 bits per heavy atom. The van der Waals surface area contributed by atoms with Crippen molar-refractivity contribution in [3.8, 4) is 0 Å². The molecule has 0 saturated carbocycles. The van der Waals surface area contributed by atoms with Crippen LogP contribution in [-0.4, -0.2) is 50.2 Å². The first-order valence-electron chi connectivity index (χ1n) is 5.51. The van der Waals surface area contributed by atoms with Crippen LogP contribution in [0.4, 0.5) is 0 Å². The zero-order valence-corrected chi connectivity index (χ0v) is 8.55. The van der Waals surface area contributed by atoms with E-state index in [9.17, 15) is 0 Å². The van der Waals surface area contributed by atoms with Crippen molar-refractivity contribution in [2.24, 2.45) is 5.92 Å². The van der Waals surface area contributed by atoms with Crippen molar-refractivity contribution in [2.45, 2.75) is 19.4 Å². The highest BCUT2D eigenvalue weighted by Gasteiger charge is 2.21. The second-order valence-electron chi connectivity index (χ2n) is 4.47. The molecule has 2 heterocycles. The molecular formula is C10H21N3. The third kappa shape index (κ3) is 2.66. The van der Waals surface area contributed by atoms with E-state index in [1.165, 1.54) is 45.7 Å². The average Bonchev–Trinajstić information content (AvgIpc) is 2.57. The molecular weight excluding hydrogens is 162 g/mol. The Labute approximate surface area is 80.9 Å². The molecule has 0 amide bonds. The van der Waals surface area contributed by atoms with Crippen LogP contribution in [0.2, 0.25) is 0 Å². The van der Waals surface area contributed by atoms with Crippen LogP contribution in [-0.2, 0) is 0 Å². The first kappa shape index (κ1) is 9.44. The van der Waals surface area contributed by atoms with Gasteiger partial charge in [-0.05, 0) is 32.4 Å². The van der Waals surface area contributed by atoms with Gasteiger partial charge >= 0.3 is 0 Å². The Bertz CT molecular complexity index is 154. The SMILES string of the molecule is CC1CN(CC2CCNC2)CCN1. The summed E-state index contributed by atoms with van der Waals surface area (Å²) >= 11 is 0. The van der Waals surface area contributed by atoms with E-state index in [4.69, 9.17) is 0 Å². The van der Waals surface area contributed by atoms with Gasteiger partial charge in [0, 0.05) is 32.2 Å². The van der Waals surface area contributed by atoms with E-state index in [-0.39, 0.29) is 0 Å². The Morgan fingerprint density at radius 1 is 1.38 bits per heavy atom. The van der Waals surface area contributed by atoms with Crippen LogP contribution < -0.4 is 10.6 Å². The molecule has 2 saturated heterocycles. The normalized spacial score (nSPS) is 36.7. The summed E-state index contributed by atoms with van der Waals surface area (Å²) in [6, 6.07) is 0.683. The van der Waals surface area contributed by atoms with Crippen LogP contribution >= 0.6 is 0 Å². The molecule has 2 fully saturated rings. The monoisotopic (exact) mass is 183 g/mol. The zero-order chi connectivity index (χ0) is 9.10. The largest absolute Gasteiger partial charge is 0.316 e.